The molecule has 3 rings (SSSR count). The monoisotopic (exact) mass is 289 g/mol. The molecule has 0 aromatic carbocycles. The SMILES string of the molecule is Cc1cc(CN(C)Cc2coc(-c3cccs3)n2)no1. The summed E-state index contributed by atoms with van der Waals surface area (Å²) < 4.78 is 10.6. The van der Waals surface area contributed by atoms with E-state index in [1.54, 1.807) is 17.6 Å². The van der Waals surface area contributed by atoms with Crippen molar-refractivity contribution in [3.8, 4) is 10.8 Å². The zero-order valence-corrected chi connectivity index (χ0v) is 12.2. The van der Waals surface area contributed by atoms with Crippen molar-refractivity contribution < 1.29 is 8.94 Å². The van der Waals surface area contributed by atoms with Crippen molar-refractivity contribution in [3.05, 3.63) is 47.0 Å². The van der Waals surface area contributed by atoms with Crippen molar-refractivity contribution in [2.75, 3.05) is 7.05 Å². The number of oxazole rings is 1. The molecular weight excluding hydrogens is 274 g/mol. The first-order valence-corrected chi connectivity index (χ1v) is 7.17. The molecule has 0 aliphatic carbocycles. The van der Waals surface area contributed by atoms with Crippen LogP contribution in [-0.2, 0) is 13.1 Å². The van der Waals surface area contributed by atoms with Gasteiger partial charge in [0, 0.05) is 19.2 Å². The number of thiophene rings is 1. The van der Waals surface area contributed by atoms with Crippen LogP contribution >= 0.6 is 11.3 Å². The number of hydrogen-bond acceptors (Lipinski definition) is 6. The van der Waals surface area contributed by atoms with Gasteiger partial charge in [0.2, 0.25) is 5.89 Å². The van der Waals surface area contributed by atoms with Crippen LogP contribution in [0.25, 0.3) is 10.8 Å². The third-order valence-electron chi connectivity index (χ3n) is 2.82. The molecule has 0 N–H and O–H groups in total. The fourth-order valence-corrected chi connectivity index (χ4v) is 2.65. The van der Waals surface area contributed by atoms with Crippen LogP contribution in [0.2, 0.25) is 0 Å². The standard InChI is InChI=1S/C14H15N3O2S/c1-10-6-11(16-19-10)7-17(2)8-12-9-18-14(15-12)13-4-3-5-20-13/h3-6,9H,7-8H2,1-2H3. The van der Waals surface area contributed by atoms with E-state index in [4.69, 9.17) is 8.94 Å². The molecule has 5 nitrogen and oxygen atoms in total. The quantitative estimate of drug-likeness (QED) is 0.721. The molecule has 0 unspecified atom stereocenters. The molecule has 0 aliphatic heterocycles. The number of aromatic nitrogens is 2. The molecule has 0 radical (unpaired) electrons. The predicted octanol–water partition coefficient (Wildman–Crippen LogP) is 3.33. The van der Waals surface area contributed by atoms with Crippen LogP contribution in [0.1, 0.15) is 17.1 Å². The number of nitrogens with zero attached hydrogens (tertiary/aromatic N) is 3. The third-order valence-corrected chi connectivity index (χ3v) is 3.68. The average molecular weight is 289 g/mol. The molecular formula is C14H15N3O2S. The largest absolute Gasteiger partial charge is 0.444 e. The van der Waals surface area contributed by atoms with E-state index in [1.807, 2.05) is 37.6 Å². The highest BCUT2D eigenvalue weighted by Crippen LogP contribution is 2.24. The molecule has 0 atom stereocenters. The lowest BCUT2D eigenvalue weighted by molar-refractivity contribution is 0.298. The van der Waals surface area contributed by atoms with Crippen molar-refractivity contribution >= 4 is 11.3 Å². The van der Waals surface area contributed by atoms with E-state index in [-0.39, 0.29) is 0 Å². The van der Waals surface area contributed by atoms with Gasteiger partial charge in [-0.25, -0.2) is 4.98 Å². The van der Waals surface area contributed by atoms with Crippen molar-refractivity contribution in [3.63, 3.8) is 0 Å². The highest BCUT2D eigenvalue weighted by atomic mass is 32.1. The van der Waals surface area contributed by atoms with Crippen molar-refractivity contribution in [1.82, 2.24) is 15.0 Å². The van der Waals surface area contributed by atoms with Crippen LogP contribution in [0.15, 0.2) is 38.8 Å². The molecule has 0 bridgehead atoms. The Bertz CT molecular complexity index is 672. The minimum atomic E-state index is 0.681. The number of aryl methyl sites for hydroxylation is 1. The Balaban J connectivity index is 1.63. The highest BCUT2D eigenvalue weighted by molar-refractivity contribution is 7.13. The minimum Gasteiger partial charge on any atom is -0.444 e. The summed E-state index contributed by atoms with van der Waals surface area (Å²) in [7, 11) is 2.02. The van der Waals surface area contributed by atoms with Crippen molar-refractivity contribution in [2.45, 2.75) is 20.0 Å². The van der Waals surface area contributed by atoms with E-state index in [9.17, 15) is 0 Å². The highest BCUT2D eigenvalue weighted by Gasteiger charge is 2.11. The van der Waals surface area contributed by atoms with Crippen molar-refractivity contribution in [1.29, 1.82) is 0 Å². The van der Waals surface area contributed by atoms with Crippen LogP contribution in [-0.4, -0.2) is 22.1 Å². The Morgan fingerprint density at radius 3 is 2.85 bits per heavy atom. The molecule has 0 spiro atoms. The molecule has 3 heterocycles. The Kier molecular flexibility index (Phi) is 3.66. The predicted molar refractivity (Wildman–Crippen MR) is 76.2 cm³/mol. The molecule has 0 aliphatic rings. The van der Waals surface area contributed by atoms with E-state index < -0.39 is 0 Å². The maximum atomic E-state index is 5.50. The molecule has 3 aromatic rings. The van der Waals surface area contributed by atoms with Gasteiger partial charge < -0.3 is 8.94 Å². The summed E-state index contributed by atoms with van der Waals surface area (Å²) in [4.78, 5) is 7.66. The first-order chi connectivity index (χ1) is 9.70. The Labute approximate surface area is 120 Å². The fourth-order valence-electron chi connectivity index (χ4n) is 1.99. The molecule has 0 saturated carbocycles. The van der Waals surface area contributed by atoms with Gasteiger partial charge in [-0.1, -0.05) is 11.2 Å². The lowest BCUT2D eigenvalue weighted by atomic mass is 10.3. The Morgan fingerprint density at radius 1 is 1.30 bits per heavy atom. The Morgan fingerprint density at radius 2 is 2.15 bits per heavy atom. The second-order valence-corrected chi connectivity index (χ2v) is 5.67. The normalized spacial score (nSPS) is 11.3. The van der Waals surface area contributed by atoms with Crippen LogP contribution in [0.4, 0.5) is 0 Å². The smallest absolute Gasteiger partial charge is 0.236 e. The van der Waals surface area contributed by atoms with Gasteiger partial charge in [-0.2, -0.15) is 0 Å². The maximum absolute atomic E-state index is 5.50. The van der Waals surface area contributed by atoms with Crippen molar-refractivity contribution in [2.24, 2.45) is 0 Å². The van der Waals surface area contributed by atoms with E-state index in [0.29, 0.717) is 12.4 Å². The summed E-state index contributed by atoms with van der Waals surface area (Å²) >= 11 is 1.62. The third kappa shape index (κ3) is 2.97. The lowest BCUT2D eigenvalue weighted by Gasteiger charge is -2.12. The molecule has 0 saturated heterocycles. The van der Waals surface area contributed by atoms with Gasteiger partial charge in [-0.15, -0.1) is 11.3 Å². The van der Waals surface area contributed by atoms with Gasteiger partial charge in [-0.05, 0) is 25.4 Å². The topological polar surface area (TPSA) is 55.3 Å². The summed E-state index contributed by atoms with van der Waals surface area (Å²) in [5.41, 5.74) is 1.84. The van der Waals surface area contributed by atoms with E-state index >= 15 is 0 Å². The number of hydrogen-bond donors (Lipinski definition) is 0. The van der Waals surface area contributed by atoms with Crippen LogP contribution < -0.4 is 0 Å². The minimum absolute atomic E-state index is 0.681. The second-order valence-electron chi connectivity index (χ2n) is 4.72. The van der Waals surface area contributed by atoms with Gasteiger partial charge in [-0.3, -0.25) is 4.90 Å². The first kappa shape index (κ1) is 13.1. The summed E-state index contributed by atoms with van der Waals surface area (Å²) in [5, 5.41) is 6.00. The van der Waals surface area contributed by atoms with Crippen LogP contribution in [0.5, 0.6) is 0 Å². The van der Waals surface area contributed by atoms with Gasteiger partial charge in [0.1, 0.15) is 12.0 Å². The van der Waals surface area contributed by atoms with Gasteiger partial charge in [0.05, 0.1) is 16.3 Å². The zero-order valence-electron chi connectivity index (χ0n) is 11.4. The summed E-state index contributed by atoms with van der Waals surface area (Å²) in [5.74, 6) is 1.51. The summed E-state index contributed by atoms with van der Waals surface area (Å²) in [6.07, 6.45) is 1.71. The van der Waals surface area contributed by atoms with Crippen LogP contribution in [0.3, 0.4) is 0 Å². The molecule has 20 heavy (non-hydrogen) atoms. The first-order valence-electron chi connectivity index (χ1n) is 6.30. The Hall–Kier alpha value is -1.92. The summed E-state index contributed by atoms with van der Waals surface area (Å²) in [6.45, 7) is 3.32. The molecule has 3 aromatic heterocycles. The van der Waals surface area contributed by atoms with E-state index in [0.717, 1.165) is 28.6 Å². The molecule has 104 valence electrons. The molecule has 6 heteroatoms. The van der Waals surface area contributed by atoms with Crippen LogP contribution in [0, 0.1) is 6.92 Å². The van der Waals surface area contributed by atoms with E-state index in [2.05, 4.69) is 15.0 Å². The van der Waals surface area contributed by atoms with Gasteiger partial charge in [0.25, 0.3) is 0 Å². The fraction of sp³-hybridized carbons (Fsp3) is 0.286. The molecule has 0 amide bonds. The lowest BCUT2D eigenvalue weighted by Crippen LogP contribution is -2.17. The summed E-state index contributed by atoms with van der Waals surface area (Å²) in [6, 6.07) is 5.93. The van der Waals surface area contributed by atoms with Gasteiger partial charge in [0.15, 0.2) is 0 Å². The van der Waals surface area contributed by atoms with Gasteiger partial charge >= 0.3 is 0 Å². The zero-order chi connectivity index (χ0) is 13.9. The molecule has 0 fully saturated rings. The second kappa shape index (κ2) is 5.60. The average Bonchev–Trinajstić information content (AvgIpc) is 3.10. The maximum Gasteiger partial charge on any atom is 0.236 e. The number of rotatable bonds is 5. The van der Waals surface area contributed by atoms with E-state index in [1.165, 1.54) is 0 Å².